The first-order valence-corrected chi connectivity index (χ1v) is 7.54. The number of rotatable bonds is 7. The monoisotopic (exact) mass is 241 g/mol. The van der Waals surface area contributed by atoms with Gasteiger partial charge < -0.3 is 5.11 Å². The van der Waals surface area contributed by atoms with Crippen molar-refractivity contribution >= 4 is 0 Å². The zero-order chi connectivity index (χ0) is 12.7. The predicted octanol–water partition coefficient (Wildman–Crippen LogP) is 3.58. The summed E-state index contributed by atoms with van der Waals surface area (Å²) in [6, 6.07) is 0.554. The Morgan fingerprint density at radius 1 is 1.12 bits per heavy atom. The van der Waals surface area contributed by atoms with Gasteiger partial charge in [-0.2, -0.15) is 0 Å². The molecule has 0 saturated heterocycles. The minimum absolute atomic E-state index is 0.394. The maximum Gasteiger partial charge on any atom is 0.0774 e. The molecule has 17 heavy (non-hydrogen) atoms. The molecule has 0 bridgehead atoms. The highest BCUT2D eigenvalue weighted by atomic mass is 16.3. The molecular weight excluding hydrogens is 210 g/mol. The summed E-state index contributed by atoms with van der Waals surface area (Å²) in [5.41, 5.74) is -0.394. The van der Waals surface area contributed by atoms with Crippen LogP contribution in [0.15, 0.2) is 0 Å². The first kappa shape index (κ1) is 15.0. The highest BCUT2D eigenvalue weighted by Gasteiger charge is 2.31. The Labute approximate surface area is 107 Å². The number of hydrogen-bond acceptors (Lipinski definition) is 2. The predicted molar refractivity (Wildman–Crippen MR) is 74.3 cm³/mol. The van der Waals surface area contributed by atoms with Gasteiger partial charge in [-0.15, -0.1) is 0 Å². The van der Waals surface area contributed by atoms with E-state index in [1.54, 1.807) is 0 Å². The fourth-order valence-corrected chi connectivity index (χ4v) is 2.83. The van der Waals surface area contributed by atoms with Gasteiger partial charge in [-0.05, 0) is 39.7 Å². The van der Waals surface area contributed by atoms with Crippen molar-refractivity contribution in [1.82, 2.24) is 4.90 Å². The maximum absolute atomic E-state index is 10.6. The Morgan fingerprint density at radius 2 is 1.76 bits per heavy atom. The second-order valence-electron chi connectivity index (χ2n) is 6.06. The molecular formula is C15H31NO. The molecule has 102 valence electrons. The molecule has 0 aromatic carbocycles. The number of nitrogens with zero attached hydrogens (tertiary/aromatic N) is 1. The lowest BCUT2D eigenvalue weighted by atomic mass is 9.84. The van der Waals surface area contributed by atoms with Crippen molar-refractivity contribution < 1.29 is 5.11 Å². The van der Waals surface area contributed by atoms with Gasteiger partial charge in [-0.25, -0.2) is 0 Å². The Balaban J connectivity index is 2.41. The van der Waals surface area contributed by atoms with E-state index in [9.17, 15) is 5.11 Å². The molecule has 2 nitrogen and oxygen atoms in total. The third-order valence-electron chi connectivity index (χ3n) is 4.06. The van der Waals surface area contributed by atoms with Crippen LogP contribution in [-0.4, -0.2) is 34.7 Å². The van der Waals surface area contributed by atoms with Gasteiger partial charge in [0.1, 0.15) is 0 Å². The Hall–Kier alpha value is -0.0800. The van der Waals surface area contributed by atoms with Crippen molar-refractivity contribution in [2.24, 2.45) is 0 Å². The SMILES string of the molecule is CCCCCN(CC1(O)CCCCC1)C(C)C. The molecule has 0 aliphatic heterocycles. The topological polar surface area (TPSA) is 23.5 Å². The van der Waals surface area contributed by atoms with Crippen molar-refractivity contribution in [3.05, 3.63) is 0 Å². The van der Waals surface area contributed by atoms with Gasteiger partial charge in [0.05, 0.1) is 5.60 Å². The third kappa shape index (κ3) is 5.39. The number of hydrogen-bond donors (Lipinski definition) is 1. The molecule has 0 spiro atoms. The summed E-state index contributed by atoms with van der Waals surface area (Å²) in [5, 5.41) is 10.6. The summed E-state index contributed by atoms with van der Waals surface area (Å²) in [6.07, 6.45) is 9.57. The molecule has 0 atom stereocenters. The quantitative estimate of drug-likeness (QED) is 0.689. The average molecular weight is 241 g/mol. The molecule has 1 N–H and O–H groups in total. The Morgan fingerprint density at radius 3 is 2.29 bits per heavy atom. The van der Waals surface area contributed by atoms with E-state index in [1.165, 1.54) is 38.5 Å². The van der Waals surface area contributed by atoms with Crippen LogP contribution in [0.3, 0.4) is 0 Å². The second-order valence-corrected chi connectivity index (χ2v) is 6.06. The third-order valence-corrected chi connectivity index (χ3v) is 4.06. The summed E-state index contributed by atoms with van der Waals surface area (Å²) in [5.74, 6) is 0. The van der Waals surface area contributed by atoms with Gasteiger partial charge in [-0.1, -0.05) is 39.0 Å². The summed E-state index contributed by atoms with van der Waals surface area (Å²) in [6.45, 7) is 8.77. The molecule has 1 saturated carbocycles. The van der Waals surface area contributed by atoms with E-state index in [0.29, 0.717) is 6.04 Å². The second kappa shape index (κ2) is 7.38. The minimum atomic E-state index is -0.394. The van der Waals surface area contributed by atoms with Crippen LogP contribution in [0, 0.1) is 0 Å². The first-order valence-electron chi connectivity index (χ1n) is 7.54. The van der Waals surface area contributed by atoms with Crippen molar-refractivity contribution in [2.75, 3.05) is 13.1 Å². The largest absolute Gasteiger partial charge is 0.389 e. The molecule has 1 rings (SSSR count). The van der Waals surface area contributed by atoms with Crippen LogP contribution in [-0.2, 0) is 0 Å². The van der Waals surface area contributed by atoms with E-state index < -0.39 is 5.60 Å². The lowest BCUT2D eigenvalue weighted by Crippen LogP contribution is -2.47. The Bertz CT molecular complexity index is 197. The lowest BCUT2D eigenvalue weighted by molar-refractivity contribution is -0.0332. The molecule has 0 aromatic rings. The first-order chi connectivity index (χ1) is 8.07. The van der Waals surface area contributed by atoms with E-state index in [4.69, 9.17) is 0 Å². The van der Waals surface area contributed by atoms with E-state index in [-0.39, 0.29) is 0 Å². The molecule has 0 aromatic heterocycles. The van der Waals surface area contributed by atoms with Gasteiger partial charge >= 0.3 is 0 Å². The minimum Gasteiger partial charge on any atom is -0.389 e. The van der Waals surface area contributed by atoms with Crippen LogP contribution >= 0.6 is 0 Å². The molecule has 0 radical (unpaired) electrons. The van der Waals surface area contributed by atoms with Crippen LogP contribution in [0.2, 0.25) is 0 Å². The highest BCUT2D eigenvalue weighted by molar-refractivity contribution is 4.86. The molecule has 0 amide bonds. The highest BCUT2D eigenvalue weighted by Crippen LogP contribution is 2.29. The summed E-state index contributed by atoms with van der Waals surface area (Å²) in [7, 11) is 0. The van der Waals surface area contributed by atoms with Gasteiger partial charge in [0.25, 0.3) is 0 Å². The number of unbranched alkanes of at least 4 members (excludes halogenated alkanes) is 2. The van der Waals surface area contributed by atoms with E-state index >= 15 is 0 Å². The fourth-order valence-electron chi connectivity index (χ4n) is 2.83. The van der Waals surface area contributed by atoms with E-state index in [2.05, 4.69) is 25.7 Å². The van der Waals surface area contributed by atoms with Crippen LogP contribution in [0.5, 0.6) is 0 Å². The van der Waals surface area contributed by atoms with Crippen molar-refractivity contribution in [3.63, 3.8) is 0 Å². The van der Waals surface area contributed by atoms with Crippen LogP contribution in [0.1, 0.15) is 72.1 Å². The lowest BCUT2D eigenvalue weighted by Gasteiger charge is -2.38. The zero-order valence-electron chi connectivity index (χ0n) is 12.0. The number of aliphatic hydroxyl groups is 1. The Kier molecular flexibility index (Phi) is 6.50. The van der Waals surface area contributed by atoms with Crippen molar-refractivity contribution in [1.29, 1.82) is 0 Å². The zero-order valence-corrected chi connectivity index (χ0v) is 12.0. The smallest absolute Gasteiger partial charge is 0.0774 e. The van der Waals surface area contributed by atoms with Gasteiger partial charge in [0.2, 0.25) is 0 Å². The average Bonchev–Trinajstić information content (AvgIpc) is 2.28. The molecule has 1 aliphatic carbocycles. The fraction of sp³-hybridized carbons (Fsp3) is 1.00. The molecule has 1 aliphatic rings. The van der Waals surface area contributed by atoms with E-state index in [0.717, 1.165) is 25.9 Å². The summed E-state index contributed by atoms with van der Waals surface area (Å²) in [4.78, 5) is 2.47. The summed E-state index contributed by atoms with van der Waals surface area (Å²) < 4.78 is 0. The van der Waals surface area contributed by atoms with E-state index in [1.807, 2.05) is 0 Å². The van der Waals surface area contributed by atoms with Crippen molar-refractivity contribution in [2.45, 2.75) is 83.8 Å². The van der Waals surface area contributed by atoms with Crippen LogP contribution in [0.4, 0.5) is 0 Å². The standard InChI is InChI=1S/C15H31NO/c1-4-5-9-12-16(14(2)3)13-15(17)10-7-6-8-11-15/h14,17H,4-13H2,1-3H3. The molecule has 2 heteroatoms. The van der Waals surface area contributed by atoms with Crippen molar-refractivity contribution in [3.8, 4) is 0 Å². The molecule has 0 unspecified atom stereocenters. The normalized spacial score (nSPS) is 20.1. The van der Waals surface area contributed by atoms with Crippen LogP contribution < -0.4 is 0 Å². The maximum atomic E-state index is 10.6. The van der Waals surface area contributed by atoms with Gasteiger partial charge in [-0.3, -0.25) is 4.90 Å². The van der Waals surface area contributed by atoms with Crippen LogP contribution in [0.25, 0.3) is 0 Å². The molecule has 1 fully saturated rings. The summed E-state index contributed by atoms with van der Waals surface area (Å²) >= 11 is 0. The molecule has 0 heterocycles. The van der Waals surface area contributed by atoms with Gasteiger partial charge in [0.15, 0.2) is 0 Å². The van der Waals surface area contributed by atoms with Gasteiger partial charge in [0, 0.05) is 12.6 Å².